The van der Waals surface area contributed by atoms with Gasteiger partial charge in [0.25, 0.3) is 0 Å². The van der Waals surface area contributed by atoms with Gasteiger partial charge in [-0.15, -0.1) is 0 Å². The van der Waals surface area contributed by atoms with Gasteiger partial charge < -0.3 is 0 Å². The smallest absolute Gasteiger partial charge is 0.00875 e. The second-order valence-electron chi connectivity index (χ2n) is 3.78. The lowest BCUT2D eigenvalue weighted by Gasteiger charge is -2.16. The Kier molecular flexibility index (Phi) is 0.870. The summed E-state index contributed by atoms with van der Waals surface area (Å²) in [5.41, 5.74) is 2.32. The third-order valence-electron chi connectivity index (χ3n) is 3.28. The van der Waals surface area contributed by atoms with E-state index in [4.69, 9.17) is 0 Å². The van der Waals surface area contributed by atoms with Gasteiger partial charge in [-0.1, -0.05) is 18.6 Å². The molecule has 2 aliphatic carbocycles. The van der Waals surface area contributed by atoms with Crippen LogP contribution in [0.3, 0.4) is 0 Å². The molecule has 50 valence electrons. The second kappa shape index (κ2) is 1.42. The monoisotopic (exact) mass is 122 g/mol. The summed E-state index contributed by atoms with van der Waals surface area (Å²) in [5, 5.41) is 0. The van der Waals surface area contributed by atoms with E-state index >= 15 is 0 Å². The number of hydrogen-bond donors (Lipinski definition) is 0. The average Bonchev–Trinajstić information content (AvgIpc) is 2.44. The fourth-order valence-electron chi connectivity index (χ4n) is 2.09. The van der Waals surface area contributed by atoms with Gasteiger partial charge in [0.2, 0.25) is 0 Å². The molecule has 0 heterocycles. The molecule has 2 aliphatic rings. The average molecular weight is 122 g/mol. The van der Waals surface area contributed by atoms with Gasteiger partial charge in [0.1, 0.15) is 0 Å². The van der Waals surface area contributed by atoms with E-state index < -0.39 is 0 Å². The van der Waals surface area contributed by atoms with Gasteiger partial charge >= 0.3 is 0 Å². The van der Waals surface area contributed by atoms with Crippen LogP contribution in [0.25, 0.3) is 0 Å². The molecule has 0 radical (unpaired) electrons. The molecule has 0 aromatic rings. The summed E-state index contributed by atoms with van der Waals surface area (Å²) in [6.45, 7) is 4.70. The topological polar surface area (TPSA) is 0 Å². The largest absolute Gasteiger partial charge is 0.0850 e. The summed E-state index contributed by atoms with van der Waals surface area (Å²) in [6.07, 6.45) is 6.68. The fourth-order valence-corrected chi connectivity index (χ4v) is 2.09. The molecule has 0 aliphatic heterocycles. The van der Waals surface area contributed by atoms with Crippen molar-refractivity contribution in [3.05, 3.63) is 11.6 Å². The van der Waals surface area contributed by atoms with E-state index in [-0.39, 0.29) is 0 Å². The van der Waals surface area contributed by atoms with Crippen LogP contribution in [0.15, 0.2) is 11.6 Å². The summed E-state index contributed by atoms with van der Waals surface area (Å²) in [5.74, 6) is 1.06. The SMILES string of the molecule is CC1=CCC[C@@H]2C[C@@]12C. The maximum Gasteiger partial charge on any atom is -0.00875 e. The van der Waals surface area contributed by atoms with Crippen LogP contribution >= 0.6 is 0 Å². The Morgan fingerprint density at radius 3 is 3.00 bits per heavy atom. The highest BCUT2D eigenvalue weighted by Gasteiger charge is 2.51. The van der Waals surface area contributed by atoms with Crippen LogP contribution in [0.4, 0.5) is 0 Å². The molecule has 0 heteroatoms. The van der Waals surface area contributed by atoms with Crippen molar-refractivity contribution in [2.24, 2.45) is 11.3 Å². The quantitative estimate of drug-likeness (QED) is 0.433. The first-order valence-corrected chi connectivity index (χ1v) is 3.91. The molecule has 0 bridgehead atoms. The van der Waals surface area contributed by atoms with Crippen LogP contribution < -0.4 is 0 Å². The molecule has 0 unspecified atom stereocenters. The molecule has 0 N–H and O–H groups in total. The highest BCUT2D eigenvalue weighted by Crippen LogP contribution is 2.61. The molecule has 2 rings (SSSR count). The van der Waals surface area contributed by atoms with Crippen molar-refractivity contribution in [2.75, 3.05) is 0 Å². The van der Waals surface area contributed by atoms with Gasteiger partial charge in [0.05, 0.1) is 0 Å². The van der Waals surface area contributed by atoms with Crippen molar-refractivity contribution in [3.8, 4) is 0 Å². The minimum atomic E-state index is 0.665. The van der Waals surface area contributed by atoms with E-state index in [1.54, 1.807) is 5.57 Å². The molecule has 0 spiro atoms. The Morgan fingerprint density at radius 2 is 2.44 bits per heavy atom. The molecule has 1 saturated carbocycles. The van der Waals surface area contributed by atoms with Gasteiger partial charge in [0.15, 0.2) is 0 Å². The predicted molar refractivity (Wildman–Crippen MR) is 39.2 cm³/mol. The summed E-state index contributed by atoms with van der Waals surface area (Å²) >= 11 is 0. The molecule has 9 heavy (non-hydrogen) atoms. The van der Waals surface area contributed by atoms with E-state index in [1.807, 2.05) is 0 Å². The number of rotatable bonds is 0. The van der Waals surface area contributed by atoms with E-state index in [0.29, 0.717) is 5.41 Å². The Labute approximate surface area is 57.0 Å². The highest BCUT2D eigenvalue weighted by atomic mass is 14.6. The van der Waals surface area contributed by atoms with E-state index in [9.17, 15) is 0 Å². The first kappa shape index (κ1) is 5.52. The van der Waals surface area contributed by atoms with Gasteiger partial charge in [-0.25, -0.2) is 0 Å². The zero-order valence-corrected chi connectivity index (χ0v) is 6.28. The van der Waals surface area contributed by atoms with E-state index in [2.05, 4.69) is 19.9 Å². The molecule has 0 nitrogen and oxygen atoms in total. The lowest BCUT2D eigenvalue weighted by molar-refractivity contribution is 0.532. The Bertz CT molecular complexity index is 167. The molecule has 0 amide bonds. The summed E-state index contributed by atoms with van der Waals surface area (Å²) in [6, 6.07) is 0. The molecule has 2 atom stereocenters. The Hall–Kier alpha value is -0.260. The van der Waals surface area contributed by atoms with Crippen molar-refractivity contribution in [1.82, 2.24) is 0 Å². The first-order chi connectivity index (χ1) is 4.23. The molecule has 0 saturated heterocycles. The maximum absolute atomic E-state index is 2.42. The van der Waals surface area contributed by atoms with Crippen LogP contribution in [0.1, 0.15) is 33.1 Å². The Balaban J connectivity index is 2.29. The maximum atomic E-state index is 2.42. The van der Waals surface area contributed by atoms with Gasteiger partial charge in [-0.2, -0.15) is 0 Å². The number of allylic oxidation sites excluding steroid dienone is 2. The lowest BCUT2D eigenvalue weighted by atomic mass is 9.90. The molecular weight excluding hydrogens is 108 g/mol. The van der Waals surface area contributed by atoms with Crippen molar-refractivity contribution >= 4 is 0 Å². The van der Waals surface area contributed by atoms with Crippen LogP contribution in [-0.2, 0) is 0 Å². The van der Waals surface area contributed by atoms with Crippen LogP contribution in [0.5, 0.6) is 0 Å². The molecule has 0 aromatic heterocycles. The lowest BCUT2D eigenvalue weighted by Crippen LogP contribution is -2.03. The zero-order valence-electron chi connectivity index (χ0n) is 6.28. The fraction of sp³-hybridized carbons (Fsp3) is 0.778. The zero-order chi connectivity index (χ0) is 6.48. The minimum Gasteiger partial charge on any atom is -0.0850 e. The standard InChI is InChI=1S/C9H14/c1-7-4-3-5-8-6-9(7,8)2/h4,8H,3,5-6H2,1-2H3/t8-,9+/m1/s1. The van der Waals surface area contributed by atoms with Crippen molar-refractivity contribution in [1.29, 1.82) is 0 Å². The third kappa shape index (κ3) is 0.593. The summed E-state index contributed by atoms with van der Waals surface area (Å²) < 4.78 is 0. The van der Waals surface area contributed by atoms with Crippen LogP contribution in [-0.4, -0.2) is 0 Å². The predicted octanol–water partition coefficient (Wildman–Crippen LogP) is 2.75. The number of fused-ring (bicyclic) bond motifs is 1. The molecule has 1 fully saturated rings. The third-order valence-corrected chi connectivity index (χ3v) is 3.28. The molecule has 0 aromatic carbocycles. The first-order valence-electron chi connectivity index (χ1n) is 3.91. The van der Waals surface area contributed by atoms with Gasteiger partial charge in [-0.05, 0) is 37.5 Å². The highest BCUT2D eigenvalue weighted by molar-refractivity contribution is 5.24. The normalized spacial score (nSPS) is 47.8. The van der Waals surface area contributed by atoms with Crippen molar-refractivity contribution < 1.29 is 0 Å². The number of hydrogen-bond acceptors (Lipinski definition) is 0. The summed E-state index contributed by atoms with van der Waals surface area (Å²) in [4.78, 5) is 0. The van der Waals surface area contributed by atoms with Crippen LogP contribution in [0, 0.1) is 11.3 Å². The second-order valence-corrected chi connectivity index (χ2v) is 3.78. The van der Waals surface area contributed by atoms with E-state index in [0.717, 1.165) is 5.92 Å². The summed E-state index contributed by atoms with van der Waals surface area (Å²) in [7, 11) is 0. The van der Waals surface area contributed by atoms with E-state index in [1.165, 1.54) is 19.3 Å². The Morgan fingerprint density at radius 1 is 1.67 bits per heavy atom. The van der Waals surface area contributed by atoms with Crippen LogP contribution in [0.2, 0.25) is 0 Å². The van der Waals surface area contributed by atoms with Crippen molar-refractivity contribution in [2.45, 2.75) is 33.1 Å². The van der Waals surface area contributed by atoms with Gasteiger partial charge in [-0.3, -0.25) is 0 Å². The van der Waals surface area contributed by atoms with Gasteiger partial charge in [0, 0.05) is 0 Å². The van der Waals surface area contributed by atoms with Crippen molar-refractivity contribution in [3.63, 3.8) is 0 Å². The molecular formula is C9H14. The minimum absolute atomic E-state index is 0.665.